The Kier molecular flexibility index (Phi) is 5.18. The van der Waals surface area contributed by atoms with E-state index in [0.29, 0.717) is 13.0 Å². The second kappa shape index (κ2) is 8.14. The fraction of sp³-hybridized carbons (Fsp3) is 0.346. The van der Waals surface area contributed by atoms with E-state index in [2.05, 4.69) is 36.2 Å². The molecule has 0 radical (unpaired) electrons. The van der Waals surface area contributed by atoms with Gasteiger partial charge in [0.1, 0.15) is 11.6 Å². The molecule has 1 aromatic heterocycles. The summed E-state index contributed by atoms with van der Waals surface area (Å²) in [5.74, 6) is 1.88. The molecule has 0 aliphatic carbocycles. The molecular weight excluding hydrogens is 386 g/mol. The lowest BCUT2D eigenvalue weighted by atomic mass is 9.89. The van der Waals surface area contributed by atoms with Crippen LogP contribution in [0.1, 0.15) is 41.4 Å². The van der Waals surface area contributed by atoms with Gasteiger partial charge in [-0.2, -0.15) is 0 Å². The molecule has 1 fully saturated rings. The van der Waals surface area contributed by atoms with Crippen molar-refractivity contribution < 1.29 is 9.53 Å². The van der Waals surface area contributed by atoms with Crippen LogP contribution in [0.4, 0.5) is 0 Å². The van der Waals surface area contributed by atoms with E-state index in [1.54, 1.807) is 0 Å². The Morgan fingerprint density at radius 2 is 2.00 bits per heavy atom. The summed E-state index contributed by atoms with van der Waals surface area (Å²) in [6.45, 7) is 5.47. The van der Waals surface area contributed by atoms with E-state index in [-0.39, 0.29) is 11.8 Å². The third-order valence-electron chi connectivity index (χ3n) is 6.31. The highest BCUT2D eigenvalue weighted by atomic mass is 16.5. The summed E-state index contributed by atoms with van der Waals surface area (Å²) in [7, 11) is 0. The Morgan fingerprint density at radius 3 is 2.84 bits per heavy atom. The van der Waals surface area contributed by atoms with Crippen molar-refractivity contribution >= 4 is 5.91 Å². The minimum absolute atomic E-state index is 0.0868. The van der Waals surface area contributed by atoms with E-state index >= 15 is 0 Å². The first-order valence-corrected chi connectivity index (χ1v) is 11.0. The number of aryl methyl sites for hydroxylation is 2. The van der Waals surface area contributed by atoms with E-state index < -0.39 is 6.10 Å². The van der Waals surface area contributed by atoms with Crippen molar-refractivity contribution in [3.63, 3.8) is 0 Å². The minimum Gasteiger partial charge on any atom is -0.480 e. The van der Waals surface area contributed by atoms with Crippen LogP contribution in [0.3, 0.4) is 0 Å². The summed E-state index contributed by atoms with van der Waals surface area (Å²) in [5.41, 5.74) is 5.57. The number of rotatable bonds is 3. The van der Waals surface area contributed by atoms with Crippen LogP contribution in [-0.4, -0.2) is 40.0 Å². The minimum atomic E-state index is -0.417. The Bertz CT molecular complexity index is 1100. The predicted octanol–water partition coefficient (Wildman–Crippen LogP) is 4.47. The second-order valence-corrected chi connectivity index (χ2v) is 8.63. The Balaban J connectivity index is 1.39. The molecule has 1 amide bonds. The second-order valence-electron chi connectivity index (χ2n) is 8.63. The van der Waals surface area contributed by atoms with Gasteiger partial charge >= 0.3 is 0 Å². The topological polar surface area (TPSA) is 55.3 Å². The largest absolute Gasteiger partial charge is 0.480 e. The monoisotopic (exact) mass is 413 g/mol. The molecule has 5 rings (SSSR count). The number of likely N-dealkylation sites (tertiary alicyclic amines) is 1. The van der Waals surface area contributed by atoms with Gasteiger partial charge in [0.2, 0.25) is 0 Å². The molecule has 0 unspecified atom stereocenters. The first-order chi connectivity index (χ1) is 15.1. The van der Waals surface area contributed by atoms with Crippen molar-refractivity contribution in [2.45, 2.75) is 45.1 Å². The zero-order valence-corrected chi connectivity index (χ0v) is 18.0. The normalized spacial score (nSPS) is 20.3. The number of piperidine rings is 1. The fourth-order valence-corrected chi connectivity index (χ4v) is 4.76. The molecule has 2 aliphatic rings. The lowest BCUT2D eigenvalue weighted by Crippen LogP contribution is -2.46. The van der Waals surface area contributed by atoms with Crippen molar-refractivity contribution in [1.82, 2.24) is 14.9 Å². The molecule has 0 spiro atoms. The average molecular weight is 414 g/mol. The Labute approximate surface area is 183 Å². The maximum Gasteiger partial charge on any atom is 0.264 e. The van der Waals surface area contributed by atoms with Gasteiger partial charge in [-0.05, 0) is 43.9 Å². The number of aromatic nitrogens is 2. The van der Waals surface area contributed by atoms with Gasteiger partial charge in [-0.1, -0.05) is 48.0 Å². The van der Waals surface area contributed by atoms with E-state index in [1.165, 1.54) is 5.56 Å². The lowest BCUT2D eigenvalue weighted by molar-refractivity contribution is -0.139. The summed E-state index contributed by atoms with van der Waals surface area (Å²) >= 11 is 0. The molecule has 5 nitrogen and oxygen atoms in total. The summed E-state index contributed by atoms with van der Waals surface area (Å²) in [6.07, 6.45) is 4.15. The van der Waals surface area contributed by atoms with Crippen molar-refractivity contribution in [1.29, 1.82) is 0 Å². The van der Waals surface area contributed by atoms with Crippen LogP contribution < -0.4 is 4.74 Å². The maximum atomic E-state index is 13.3. The third-order valence-corrected chi connectivity index (χ3v) is 6.31. The maximum absolute atomic E-state index is 13.3. The van der Waals surface area contributed by atoms with E-state index in [0.717, 1.165) is 53.3 Å². The number of carbonyl (C=O) groups excluding carboxylic acids is 1. The third kappa shape index (κ3) is 3.92. The number of fused-ring (bicyclic) bond motifs is 1. The predicted molar refractivity (Wildman–Crippen MR) is 120 cm³/mol. The molecule has 158 valence electrons. The van der Waals surface area contributed by atoms with Crippen LogP contribution in [0, 0.1) is 13.8 Å². The number of benzene rings is 2. The molecule has 31 heavy (non-hydrogen) atoms. The number of para-hydroxylation sites is 1. The van der Waals surface area contributed by atoms with Gasteiger partial charge in [0.15, 0.2) is 6.10 Å². The standard InChI is InChI=1S/C26H27N3O2/c1-17-7-5-9-19(13-17)22-15-27-18(2)28-25(22)21-10-6-12-29(16-21)26(30)24-14-20-8-3-4-11-23(20)31-24/h3-5,7-9,11,13,15,21,24H,6,10,12,14,16H2,1-2H3/t21-,24-/m1/s1. The van der Waals surface area contributed by atoms with Gasteiger partial charge in [-0.3, -0.25) is 4.79 Å². The Morgan fingerprint density at radius 1 is 1.13 bits per heavy atom. The number of ether oxygens (including phenoxy) is 1. The molecule has 1 saturated heterocycles. The highest BCUT2D eigenvalue weighted by Gasteiger charge is 2.35. The van der Waals surface area contributed by atoms with Crippen LogP contribution in [-0.2, 0) is 11.2 Å². The molecular formula is C26H27N3O2. The van der Waals surface area contributed by atoms with Crippen LogP contribution in [0.15, 0.2) is 54.7 Å². The van der Waals surface area contributed by atoms with Gasteiger partial charge in [-0.25, -0.2) is 9.97 Å². The van der Waals surface area contributed by atoms with Gasteiger partial charge in [0, 0.05) is 37.2 Å². The average Bonchev–Trinajstić information content (AvgIpc) is 3.23. The lowest BCUT2D eigenvalue weighted by Gasteiger charge is -2.34. The van der Waals surface area contributed by atoms with Gasteiger partial charge < -0.3 is 9.64 Å². The van der Waals surface area contributed by atoms with Crippen molar-refractivity contribution in [3.8, 4) is 16.9 Å². The smallest absolute Gasteiger partial charge is 0.264 e. The van der Waals surface area contributed by atoms with Crippen molar-refractivity contribution in [2.75, 3.05) is 13.1 Å². The van der Waals surface area contributed by atoms with E-state index in [4.69, 9.17) is 9.72 Å². The van der Waals surface area contributed by atoms with Crippen LogP contribution in [0.2, 0.25) is 0 Å². The van der Waals surface area contributed by atoms with Crippen LogP contribution in [0.5, 0.6) is 5.75 Å². The molecule has 0 bridgehead atoms. The number of nitrogens with zero attached hydrogens (tertiary/aromatic N) is 3. The molecule has 5 heteroatoms. The first-order valence-electron chi connectivity index (χ1n) is 11.0. The van der Waals surface area contributed by atoms with Crippen LogP contribution >= 0.6 is 0 Å². The summed E-state index contributed by atoms with van der Waals surface area (Å²) in [5, 5.41) is 0. The zero-order chi connectivity index (χ0) is 21.4. The van der Waals surface area contributed by atoms with Crippen LogP contribution in [0.25, 0.3) is 11.1 Å². The fourth-order valence-electron chi connectivity index (χ4n) is 4.76. The summed E-state index contributed by atoms with van der Waals surface area (Å²) < 4.78 is 5.97. The molecule has 3 heterocycles. The summed E-state index contributed by atoms with van der Waals surface area (Å²) in [4.78, 5) is 24.6. The molecule has 3 aromatic rings. The van der Waals surface area contributed by atoms with Crippen molar-refractivity contribution in [3.05, 3.63) is 77.4 Å². The molecule has 2 atom stereocenters. The molecule has 0 N–H and O–H groups in total. The van der Waals surface area contributed by atoms with E-state index in [1.807, 2.05) is 42.3 Å². The first kappa shape index (κ1) is 19.7. The van der Waals surface area contributed by atoms with Gasteiger partial charge in [0.25, 0.3) is 5.91 Å². The van der Waals surface area contributed by atoms with E-state index in [9.17, 15) is 4.79 Å². The van der Waals surface area contributed by atoms with Gasteiger partial charge in [-0.15, -0.1) is 0 Å². The number of hydrogen-bond acceptors (Lipinski definition) is 4. The Hall–Kier alpha value is -3.21. The quantitative estimate of drug-likeness (QED) is 0.636. The van der Waals surface area contributed by atoms with Crippen molar-refractivity contribution in [2.24, 2.45) is 0 Å². The number of hydrogen-bond donors (Lipinski definition) is 0. The molecule has 0 saturated carbocycles. The number of amides is 1. The van der Waals surface area contributed by atoms with Gasteiger partial charge in [0.05, 0.1) is 5.69 Å². The molecule has 2 aromatic carbocycles. The highest BCUT2D eigenvalue weighted by molar-refractivity contribution is 5.83. The SMILES string of the molecule is Cc1cccc(-c2cnc(C)nc2[C@@H]2CCCN(C(=O)[C@H]3Cc4ccccc4O3)C2)c1. The zero-order valence-electron chi connectivity index (χ0n) is 18.0. The molecule has 2 aliphatic heterocycles. The number of carbonyl (C=O) groups is 1. The highest BCUT2D eigenvalue weighted by Crippen LogP contribution is 2.35. The summed E-state index contributed by atoms with van der Waals surface area (Å²) in [6, 6.07) is 16.4.